The molecule has 0 saturated carbocycles. The molecule has 0 aromatic heterocycles. The summed E-state index contributed by atoms with van der Waals surface area (Å²) in [5, 5.41) is 3.37. The van der Waals surface area contributed by atoms with Crippen LogP contribution in [0.15, 0.2) is 18.2 Å². The molecular formula is C14H19N. The topological polar surface area (TPSA) is 12.0 Å². The van der Waals surface area contributed by atoms with Gasteiger partial charge in [-0.1, -0.05) is 24.1 Å². The van der Waals surface area contributed by atoms with E-state index in [2.05, 4.69) is 56.1 Å². The Hall–Kier alpha value is -1.26. The van der Waals surface area contributed by atoms with Gasteiger partial charge in [-0.15, -0.1) is 5.92 Å². The van der Waals surface area contributed by atoms with Gasteiger partial charge in [-0.05, 0) is 44.4 Å². The molecule has 80 valence electrons. The zero-order valence-corrected chi connectivity index (χ0v) is 10.0. The fourth-order valence-corrected chi connectivity index (χ4v) is 1.44. The Morgan fingerprint density at radius 3 is 2.60 bits per heavy atom. The quantitative estimate of drug-likeness (QED) is 0.741. The molecule has 1 atom stereocenters. The van der Waals surface area contributed by atoms with Crippen molar-refractivity contribution in [2.75, 3.05) is 6.54 Å². The second-order valence-corrected chi connectivity index (χ2v) is 3.87. The molecule has 0 aliphatic carbocycles. The molecule has 0 saturated heterocycles. The van der Waals surface area contributed by atoms with Crippen molar-refractivity contribution in [3.63, 3.8) is 0 Å². The molecule has 1 unspecified atom stereocenters. The Morgan fingerprint density at radius 1 is 1.27 bits per heavy atom. The van der Waals surface area contributed by atoms with Gasteiger partial charge in [0, 0.05) is 6.04 Å². The van der Waals surface area contributed by atoms with Crippen LogP contribution in [0.3, 0.4) is 0 Å². The molecule has 1 heteroatoms. The van der Waals surface area contributed by atoms with Crippen molar-refractivity contribution >= 4 is 0 Å². The maximum absolute atomic E-state index is 3.37. The smallest absolute Gasteiger partial charge is 0.0581 e. The predicted molar refractivity (Wildman–Crippen MR) is 65.8 cm³/mol. The third-order valence-corrected chi connectivity index (χ3v) is 2.70. The summed E-state index contributed by atoms with van der Waals surface area (Å²) in [5.41, 5.74) is 4.03. The van der Waals surface area contributed by atoms with Crippen molar-refractivity contribution in [2.24, 2.45) is 0 Å². The molecule has 1 rings (SSSR count). The van der Waals surface area contributed by atoms with Crippen LogP contribution in [0.5, 0.6) is 0 Å². The van der Waals surface area contributed by atoms with Crippen molar-refractivity contribution in [1.82, 2.24) is 5.32 Å². The number of hydrogen-bond donors (Lipinski definition) is 1. The predicted octanol–water partition coefficient (Wildman–Crippen LogP) is 2.98. The summed E-state index contributed by atoms with van der Waals surface area (Å²) in [6, 6.07) is 6.96. The third-order valence-electron chi connectivity index (χ3n) is 2.70. The molecule has 15 heavy (non-hydrogen) atoms. The zero-order chi connectivity index (χ0) is 11.3. The van der Waals surface area contributed by atoms with Crippen LogP contribution in [0, 0.1) is 25.7 Å². The molecule has 0 aliphatic heterocycles. The van der Waals surface area contributed by atoms with E-state index in [9.17, 15) is 0 Å². The molecule has 0 fully saturated rings. The van der Waals surface area contributed by atoms with Gasteiger partial charge in [0.2, 0.25) is 0 Å². The van der Waals surface area contributed by atoms with Gasteiger partial charge >= 0.3 is 0 Å². The summed E-state index contributed by atoms with van der Waals surface area (Å²) in [6.45, 7) is 9.07. The van der Waals surface area contributed by atoms with Gasteiger partial charge in [0.15, 0.2) is 0 Å². The minimum Gasteiger partial charge on any atom is -0.300 e. The highest BCUT2D eigenvalue weighted by Crippen LogP contribution is 2.16. The fraction of sp³-hybridized carbons (Fsp3) is 0.429. The molecule has 0 radical (unpaired) electrons. The first-order valence-corrected chi connectivity index (χ1v) is 5.35. The lowest BCUT2D eigenvalue weighted by molar-refractivity contribution is 0.622. The lowest BCUT2D eigenvalue weighted by Gasteiger charge is -2.13. The van der Waals surface area contributed by atoms with Crippen molar-refractivity contribution < 1.29 is 0 Å². The van der Waals surface area contributed by atoms with Gasteiger partial charge in [-0.3, -0.25) is 5.32 Å². The van der Waals surface area contributed by atoms with E-state index >= 15 is 0 Å². The van der Waals surface area contributed by atoms with Crippen LogP contribution in [0.2, 0.25) is 0 Å². The lowest BCUT2D eigenvalue weighted by atomic mass is 10.0. The fourth-order valence-electron chi connectivity index (χ4n) is 1.44. The largest absolute Gasteiger partial charge is 0.300 e. The van der Waals surface area contributed by atoms with Crippen LogP contribution in [-0.4, -0.2) is 6.54 Å². The number of nitrogens with one attached hydrogen (secondary N) is 1. The first kappa shape index (κ1) is 11.8. The van der Waals surface area contributed by atoms with E-state index in [1.807, 2.05) is 6.92 Å². The Labute approximate surface area is 92.9 Å². The van der Waals surface area contributed by atoms with Crippen LogP contribution < -0.4 is 5.32 Å². The Balaban J connectivity index is 2.68. The second kappa shape index (κ2) is 5.58. The minimum absolute atomic E-state index is 0.366. The molecule has 0 aliphatic rings. The number of benzene rings is 1. The Kier molecular flexibility index (Phi) is 4.39. The van der Waals surface area contributed by atoms with Gasteiger partial charge in [0.1, 0.15) is 0 Å². The highest BCUT2D eigenvalue weighted by molar-refractivity contribution is 5.31. The van der Waals surface area contributed by atoms with Crippen LogP contribution in [-0.2, 0) is 0 Å². The van der Waals surface area contributed by atoms with Gasteiger partial charge in [0.05, 0.1) is 6.54 Å². The Morgan fingerprint density at radius 2 is 2.00 bits per heavy atom. The molecule has 0 spiro atoms. The van der Waals surface area contributed by atoms with Crippen molar-refractivity contribution in [3.05, 3.63) is 34.9 Å². The van der Waals surface area contributed by atoms with Crippen molar-refractivity contribution in [2.45, 2.75) is 33.7 Å². The third kappa shape index (κ3) is 3.42. The molecule has 0 bridgehead atoms. The highest BCUT2D eigenvalue weighted by Gasteiger charge is 2.04. The normalized spacial score (nSPS) is 11.7. The Bertz CT molecular complexity index is 382. The van der Waals surface area contributed by atoms with Crippen LogP contribution >= 0.6 is 0 Å². The first-order chi connectivity index (χ1) is 7.15. The van der Waals surface area contributed by atoms with Crippen molar-refractivity contribution in [3.8, 4) is 11.8 Å². The summed E-state index contributed by atoms with van der Waals surface area (Å²) in [5.74, 6) is 5.90. The zero-order valence-electron chi connectivity index (χ0n) is 10.0. The number of hydrogen-bond acceptors (Lipinski definition) is 1. The number of rotatable bonds is 3. The molecule has 1 aromatic rings. The molecule has 0 amide bonds. The van der Waals surface area contributed by atoms with Crippen LogP contribution in [0.25, 0.3) is 0 Å². The van der Waals surface area contributed by atoms with Crippen LogP contribution in [0.4, 0.5) is 0 Å². The maximum atomic E-state index is 3.37. The van der Waals surface area contributed by atoms with E-state index in [1.165, 1.54) is 16.7 Å². The summed E-state index contributed by atoms with van der Waals surface area (Å²) >= 11 is 0. The number of aryl methyl sites for hydroxylation is 2. The van der Waals surface area contributed by atoms with E-state index in [0.717, 1.165) is 6.54 Å². The van der Waals surface area contributed by atoms with Gasteiger partial charge in [-0.2, -0.15) is 0 Å². The van der Waals surface area contributed by atoms with E-state index in [4.69, 9.17) is 0 Å². The van der Waals surface area contributed by atoms with Gasteiger partial charge in [0.25, 0.3) is 0 Å². The highest BCUT2D eigenvalue weighted by atomic mass is 14.9. The van der Waals surface area contributed by atoms with Crippen LogP contribution in [0.1, 0.15) is 36.6 Å². The van der Waals surface area contributed by atoms with E-state index in [0.29, 0.717) is 6.04 Å². The summed E-state index contributed by atoms with van der Waals surface area (Å²) in [6.07, 6.45) is 0. The van der Waals surface area contributed by atoms with Crippen molar-refractivity contribution in [1.29, 1.82) is 0 Å². The van der Waals surface area contributed by atoms with E-state index < -0.39 is 0 Å². The van der Waals surface area contributed by atoms with E-state index in [-0.39, 0.29) is 0 Å². The molecule has 0 heterocycles. The molecule has 1 nitrogen and oxygen atoms in total. The molecule has 1 aromatic carbocycles. The monoisotopic (exact) mass is 201 g/mol. The summed E-state index contributed by atoms with van der Waals surface area (Å²) in [4.78, 5) is 0. The van der Waals surface area contributed by atoms with Gasteiger partial charge in [-0.25, -0.2) is 0 Å². The van der Waals surface area contributed by atoms with E-state index in [1.54, 1.807) is 0 Å². The average Bonchev–Trinajstić information content (AvgIpc) is 2.22. The molecule has 1 N–H and O–H groups in total. The maximum Gasteiger partial charge on any atom is 0.0581 e. The standard InChI is InChI=1S/C14H19N/c1-5-6-9-15-13(4)14-8-7-11(2)12(3)10-14/h7-8,10,13,15H,9H2,1-4H3. The lowest BCUT2D eigenvalue weighted by Crippen LogP contribution is -2.18. The second-order valence-electron chi connectivity index (χ2n) is 3.87. The van der Waals surface area contributed by atoms with Gasteiger partial charge < -0.3 is 0 Å². The average molecular weight is 201 g/mol. The summed E-state index contributed by atoms with van der Waals surface area (Å²) < 4.78 is 0. The summed E-state index contributed by atoms with van der Waals surface area (Å²) in [7, 11) is 0. The minimum atomic E-state index is 0.366. The molecular weight excluding hydrogens is 182 g/mol. The first-order valence-electron chi connectivity index (χ1n) is 5.35. The SMILES string of the molecule is CC#CCNC(C)c1ccc(C)c(C)c1.